The molecular formula is C23H25N3O6. The number of rotatable bonds is 7. The van der Waals surface area contributed by atoms with Crippen LogP contribution in [0.1, 0.15) is 22.7 Å². The first kappa shape index (κ1) is 23.0. The molecule has 1 unspecified atom stereocenters. The van der Waals surface area contributed by atoms with Gasteiger partial charge in [0.15, 0.2) is 0 Å². The van der Waals surface area contributed by atoms with Gasteiger partial charge in [-0.1, -0.05) is 24.0 Å². The molecule has 0 bridgehead atoms. The molecule has 1 atom stereocenters. The molecule has 1 aliphatic rings. The fraction of sp³-hybridized carbons (Fsp3) is 0.304. The van der Waals surface area contributed by atoms with E-state index in [2.05, 4.69) is 0 Å². The Kier molecular flexibility index (Phi) is 6.59. The van der Waals surface area contributed by atoms with Gasteiger partial charge in [0, 0.05) is 17.7 Å². The molecule has 3 rings (SSSR count). The highest BCUT2D eigenvalue weighted by atomic mass is 16.6. The van der Waals surface area contributed by atoms with Gasteiger partial charge in [0.2, 0.25) is 5.78 Å². The van der Waals surface area contributed by atoms with Crippen molar-refractivity contribution in [2.45, 2.75) is 13.0 Å². The minimum Gasteiger partial charge on any atom is -0.872 e. The molecule has 0 aromatic heterocycles. The highest BCUT2D eigenvalue weighted by Gasteiger charge is 2.44. The maximum atomic E-state index is 13.5. The summed E-state index contributed by atoms with van der Waals surface area (Å²) in [6.07, 6.45) is 0. The monoisotopic (exact) mass is 439 g/mol. The van der Waals surface area contributed by atoms with E-state index in [-0.39, 0.29) is 23.4 Å². The summed E-state index contributed by atoms with van der Waals surface area (Å²) >= 11 is 0. The number of nitrogens with one attached hydrogen (secondary N) is 1. The summed E-state index contributed by atoms with van der Waals surface area (Å²) in [6, 6.07) is 9.54. The van der Waals surface area contributed by atoms with Crippen molar-refractivity contribution in [1.29, 1.82) is 0 Å². The maximum absolute atomic E-state index is 13.5. The Morgan fingerprint density at radius 2 is 1.91 bits per heavy atom. The van der Waals surface area contributed by atoms with Gasteiger partial charge in [0.25, 0.3) is 11.6 Å². The average molecular weight is 439 g/mol. The predicted octanol–water partition coefficient (Wildman–Crippen LogP) is 0.280. The van der Waals surface area contributed by atoms with Crippen LogP contribution in [0.5, 0.6) is 5.75 Å². The highest BCUT2D eigenvalue weighted by Crippen LogP contribution is 2.39. The summed E-state index contributed by atoms with van der Waals surface area (Å²) in [5, 5.41) is 24.8. The lowest BCUT2D eigenvalue weighted by Crippen LogP contribution is -3.06. The van der Waals surface area contributed by atoms with Crippen molar-refractivity contribution in [3.63, 3.8) is 0 Å². The van der Waals surface area contributed by atoms with Crippen LogP contribution in [0.4, 0.5) is 5.69 Å². The third-order valence-electron chi connectivity index (χ3n) is 5.46. The van der Waals surface area contributed by atoms with Gasteiger partial charge in [0.1, 0.15) is 5.75 Å². The molecule has 0 aliphatic carbocycles. The Morgan fingerprint density at radius 1 is 1.19 bits per heavy atom. The number of hydrogen-bond donors (Lipinski definition) is 1. The molecule has 1 amide bonds. The van der Waals surface area contributed by atoms with Crippen molar-refractivity contribution < 1.29 is 29.3 Å². The predicted molar refractivity (Wildman–Crippen MR) is 115 cm³/mol. The first-order valence-electron chi connectivity index (χ1n) is 10.1. The number of ketones is 1. The van der Waals surface area contributed by atoms with Crippen molar-refractivity contribution in [3.05, 3.63) is 74.8 Å². The smallest absolute Gasteiger partial charge is 0.295 e. The van der Waals surface area contributed by atoms with Crippen LogP contribution >= 0.6 is 0 Å². The van der Waals surface area contributed by atoms with Gasteiger partial charge >= 0.3 is 0 Å². The van der Waals surface area contributed by atoms with Gasteiger partial charge in [-0.25, -0.2) is 0 Å². The number of carbonyl (C=O) groups excluding carboxylic acids is 2. The van der Waals surface area contributed by atoms with Gasteiger partial charge in [-0.05, 0) is 35.7 Å². The summed E-state index contributed by atoms with van der Waals surface area (Å²) in [6.45, 7) is 2.47. The van der Waals surface area contributed by atoms with Crippen molar-refractivity contribution in [3.8, 4) is 5.75 Å². The molecule has 1 N–H and O–H groups in total. The topological polar surface area (TPSA) is 117 Å². The summed E-state index contributed by atoms with van der Waals surface area (Å²) in [7, 11) is 5.32. The highest BCUT2D eigenvalue weighted by molar-refractivity contribution is 6.46. The van der Waals surface area contributed by atoms with E-state index < -0.39 is 28.4 Å². The molecule has 1 aliphatic heterocycles. The standard InChI is InChI=1S/C23H25N3O6/c1-14-12-17(32-4)8-9-18(14)21(27)19-20(15-6-5-7-16(13-15)26(30)31)25(11-10-24(2)3)23(29)22(19)28/h5-9,12-13,20,27H,10-11H2,1-4H3/b21-19+. The number of nitro benzene ring substituents is 1. The molecule has 168 valence electrons. The summed E-state index contributed by atoms with van der Waals surface area (Å²) in [4.78, 5) is 39.0. The molecule has 0 saturated carbocycles. The van der Waals surface area contributed by atoms with E-state index >= 15 is 0 Å². The number of benzene rings is 2. The van der Waals surface area contributed by atoms with Crippen molar-refractivity contribution in [2.75, 3.05) is 34.3 Å². The minimum atomic E-state index is -0.997. The molecule has 0 spiro atoms. The van der Waals surface area contributed by atoms with E-state index in [1.54, 1.807) is 31.2 Å². The van der Waals surface area contributed by atoms with E-state index in [1.807, 2.05) is 14.1 Å². The Balaban J connectivity index is 2.20. The zero-order chi connectivity index (χ0) is 23.6. The number of methoxy groups -OCH3 is 1. The molecule has 2 aromatic rings. The van der Waals surface area contributed by atoms with Crippen LogP contribution < -0.4 is 14.7 Å². The van der Waals surface area contributed by atoms with Crippen LogP contribution in [0.25, 0.3) is 5.76 Å². The number of non-ortho nitro benzene ring substituents is 1. The van der Waals surface area contributed by atoms with Crippen LogP contribution in [0, 0.1) is 17.0 Å². The maximum Gasteiger partial charge on any atom is 0.295 e. The third kappa shape index (κ3) is 4.33. The number of aryl methyl sites for hydroxylation is 1. The van der Waals surface area contributed by atoms with Crippen LogP contribution in [-0.2, 0) is 9.59 Å². The van der Waals surface area contributed by atoms with Crippen LogP contribution in [0.3, 0.4) is 0 Å². The first-order chi connectivity index (χ1) is 15.1. The molecule has 9 nitrogen and oxygen atoms in total. The van der Waals surface area contributed by atoms with Gasteiger partial charge in [0.05, 0.1) is 45.3 Å². The largest absolute Gasteiger partial charge is 0.872 e. The van der Waals surface area contributed by atoms with Crippen LogP contribution in [0.2, 0.25) is 0 Å². The number of ether oxygens (including phenoxy) is 1. The van der Waals surface area contributed by atoms with Gasteiger partial charge in [-0.15, -0.1) is 0 Å². The van der Waals surface area contributed by atoms with E-state index in [9.17, 15) is 24.8 Å². The Hall–Kier alpha value is -3.72. The van der Waals surface area contributed by atoms with Crippen molar-refractivity contribution in [2.24, 2.45) is 0 Å². The van der Waals surface area contributed by atoms with E-state index in [4.69, 9.17) is 4.74 Å². The summed E-state index contributed by atoms with van der Waals surface area (Å²) < 4.78 is 5.18. The van der Waals surface area contributed by atoms with Gasteiger partial charge in [-0.2, -0.15) is 0 Å². The number of likely N-dealkylation sites (tertiary alicyclic amines) is 1. The van der Waals surface area contributed by atoms with Crippen molar-refractivity contribution in [1.82, 2.24) is 4.90 Å². The quantitative estimate of drug-likeness (QED) is 0.218. The fourth-order valence-electron chi connectivity index (χ4n) is 3.76. The number of likely N-dealkylation sites (N-methyl/N-ethyl adjacent to an activating group) is 1. The number of hydrogen-bond acceptors (Lipinski definition) is 6. The van der Waals surface area contributed by atoms with Gasteiger partial charge in [-0.3, -0.25) is 19.7 Å². The Labute approximate surface area is 185 Å². The number of nitrogens with zero attached hydrogens (tertiary/aromatic N) is 2. The summed E-state index contributed by atoms with van der Waals surface area (Å²) in [5.41, 5.74) is 0.840. The van der Waals surface area contributed by atoms with E-state index in [0.717, 1.165) is 4.90 Å². The third-order valence-corrected chi connectivity index (χ3v) is 5.46. The second-order valence-corrected chi connectivity index (χ2v) is 7.96. The lowest BCUT2D eigenvalue weighted by atomic mass is 9.93. The average Bonchev–Trinajstić information content (AvgIpc) is 3.01. The number of nitro groups is 1. The SMILES string of the molecule is COc1ccc(/C([O-])=C2\C(=O)C(=O)N(CC[NH+](C)C)C2c2cccc([N+](=O)[O-])c2)c(C)c1. The number of amides is 1. The number of Topliss-reactive ketones (excluding diaryl/α,β-unsaturated/α-hetero) is 1. The molecular weight excluding hydrogens is 414 g/mol. The normalized spacial score (nSPS) is 17.8. The first-order valence-corrected chi connectivity index (χ1v) is 10.1. The fourth-order valence-corrected chi connectivity index (χ4v) is 3.76. The second kappa shape index (κ2) is 9.19. The van der Waals surface area contributed by atoms with Crippen molar-refractivity contribution >= 4 is 23.1 Å². The molecule has 9 heteroatoms. The van der Waals surface area contributed by atoms with Crippen LogP contribution in [0.15, 0.2) is 48.0 Å². The zero-order valence-electron chi connectivity index (χ0n) is 18.4. The van der Waals surface area contributed by atoms with E-state index in [1.165, 1.54) is 30.2 Å². The summed E-state index contributed by atoms with van der Waals surface area (Å²) in [5.74, 6) is -1.67. The van der Waals surface area contributed by atoms with E-state index in [0.29, 0.717) is 23.4 Å². The molecule has 1 heterocycles. The Morgan fingerprint density at radius 3 is 2.50 bits per heavy atom. The number of carbonyl (C=O) groups is 2. The zero-order valence-corrected chi connectivity index (χ0v) is 18.4. The molecule has 1 saturated heterocycles. The lowest BCUT2D eigenvalue weighted by molar-refractivity contribution is -0.857. The minimum absolute atomic E-state index is 0.181. The second-order valence-electron chi connectivity index (χ2n) is 7.96. The molecule has 32 heavy (non-hydrogen) atoms. The molecule has 0 radical (unpaired) electrons. The lowest BCUT2D eigenvalue weighted by Gasteiger charge is -2.28. The number of quaternary nitrogens is 1. The molecule has 2 aromatic carbocycles. The molecule has 1 fully saturated rings. The Bertz CT molecular complexity index is 1110. The van der Waals surface area contributed by atoms with Gasteiger partial charge < -0.3 is 19.6 Å². The van der Waals surface area contributed by atoms with Crippen LogP contribution in [-0.4, -0.2) is 55.8 Å².